The lowest BCUT2D eigenvalue weighted by Gasteiger charge is -2.63. The number of hydrogen-bond acceptors (Lipinski definition) is 19. The van der Waals surface area contributed by atoms with Gasteiger partial charge in [0.25, 0.3) is 5.91 Å². The molecule has 0 aromatic rings. The largest absolute Gasteiger partial charge is 0.394 e. The normalized spacial score (nSPS) is 45.8. The number of aliphatic hydroxyl groups is 14. The molecule has 506 valence electrons. The maximum Gasteiger partial charge on any atom is 0.251 e. The molecular formula is C66H113N3O19. The van der Waals surface area contributed by atoms with Crippen molar-refractivity contribution >= 4 is 17.7 Å². The maximum absolute atomic E-state index is 14.4. The minimum Gasteiger partial charge on any atom is -0.394 e. The number of carbonyl (C=O) groups excluding carboxylic acids is 3. The fourth-order valence-corrected chi connectivity index (χ4v) is 21.2. The van der Waals surface area contributed by atoms with Gasteiger partial charge in [-0.2, -0.15) is 0 Å². The Labute approximate surface area is 520 Å². The average Bonchev–Trinajstić information content (AvgIpc) is 1.33. The van der Waals surface area contributed by atoms with E-state index in [2.05, 4.69) is 52.2 Å². The number of nitrogens with one attached hydrogen (secondary N) is 2. The summed E-state index contributed by atoms with van der Waals surface area (Å²) < 4.78 is 10.8. The van der Waals surface area contributed by atoms with Crippen LogP contribution in [-0.2, 0) is 23.9 Å². The van der Waals surface area contributed by atoms with Gasteiger partial charge in [0, 0.05) is 39.0 Å². The first-order valence-corrected chi connectivity index (χ1v) is 34.1. The van der Waals surface area contributed by atoms with Crippen LogP contribution in [0.1, 0.15) is 170 Å². The zero-order valence-electron chi connectivity index (χ0n) is 53.2. The van der Waals surface area contributed by atoms with Gasteiger partial charge in [-0.3, -0.25) is 14.4 Å². The SMILES string of the molecule is C[C@H](CCC(=O)NCCCN(CCCNC(=O)[C@H](O)[C@@H](O)[C@H](OC1O[C@H](CO)[C@H](O)[C@H](O)[C@H]1O)[C@H](O)CO)C(=O)CC[C@@H](C)[C@H]1CC[C@H]2[C@@H]3[C@H](O)C[C@@H]4C[C@H](O)CC[C@]4(C)[C@H]3C[C@H](O)[C@]12C)[C@H]1CC[C@H]2[C@@H]3[C@H](O)C[C@@H]4C[C@H](O)CC[C@]4(C)[C@H]3C[C@H](O)[C@]12C. The Kier molecular flexibility index (Phi) is 22.6. The summed E-state index contributed by atoms with van der Waals surface area (Å²) in [4.78, 5) is 43.0. The first-order valence-electron chi connectivity index (χ1n) is 34.1. The van der Waals surface area contributed by atoms with Crippen molar-refractivity contribution in [2.75, 3.05) is 39.4 Å². The molecule has 1 saturated heterocycles. The molecule has 16 N–H and O–H groups in total. The van der Waals surface area contributed by atoms with Crippen LogP contribution < -0.4 is 10.6 Å². The van der Waals surface area contributed by atoms with Crippen molar-refractivity contribution in [2.24, 2.45) is 92.7 Å². The minimum atomic E-state index is -2.27. The van der Waals surface area contributed by atoms with E-state index >= 15 is 0 Å². The second-order valence-corrected chi connectivity index (χ2v) is 30.8. The van der Waals surface area contributed by atoms with E-state index in [0.29, 0.717) is 57.8 Å². The molecule has 9 rings (SSSR count). The van der Waals surface area contributed by atoms with E-state index in [1.54, 1.807) is 4.90 Å². The van der Waals surface area contributed by atoms with Crippen LogP contribution in [0.3, 0.4) is 0 Å². The molecule has 0 aromatic heterocycles. The van der Waals surface area contributed by atoms with E-state index in [4.69, 9.17) is 9.47 Å². The summed E-state index contributed by atoms with van der Waals surface area (Å²) >= 11 is 0. The molecule has 8 saturated carbocycles. The van der Waals surface area contributed by atoms with Crippen LogP contribution in [0.5, 0.6) is 0 Å². The number of aliphatic hydroxyl groups excluding tert-OH is 14. The standard InChI is InChI=1S/C66H113N3O19/c1-33(39-11-13-41-53-43(29-49(77)65(39,41)5)63(3)19-17-37(72)25-35(63)27-45(53)74)9-15-51(79)67-21-7-23-69(24-8-22-68-61(86)58(84)57(83)60(47(76)31-70)88-62-59(85)56(82)55(81)48(32-71)87-62)52(80)16-10-34(2)40-12-14-42-54-44(30-50(78)66(40,42)6)64(4)20-18-38(73)26-36(64)28-46(54)75/h33-50,53-60,62,70-78,81-85H,7-32H2,1-6H3,(H,67,79)(H,68,86)/t33-,34-,35+,36+,37-,38-,39-,40-,41+,42+,43+,44+,45-,46-,47-,48-,49+,50+,53+,54+,55+,56+,57-,58-,59-,60-,62?,63+,64+,65-,66-/m1/s1. The second kappa shape index (κ2) is 28.4. The molecule has 0 spiro atoms. The van der Waals surface area contributed by atoms with Crippen LogP contribution in [0.25, 0.3) is 0 Å². The molecule has 1 aliphatic heterocycles. The van der Waals surface area contributed by atoms with Gasteiger partial charge in [0.2, 0.25) is 11.8 Å². The van der Waals surface area contributed by atoms with E-state index in [-0.39, 0.29) is 151 Å². The Hall–Kier alpha value is -2.23. The van der Waals surface area contributed by atoms with Gasteiger partial charge in [-0.25, -0.2) is 0 Å². The fraction of sp³-hybridized carbons (Fsp3) is 0.955. The van der Waals surface area contributed by atoms with Gasteiger partial charge in [0.15, 0.2) is 12.4 Å². The minimum absolute atomic E-state index is 0.0243. The monoisotopic (exact) mass is 1250 g/mol. The summed E-state index contributed by atoms with van der Waals surface area (Å²) in [7, 11) is 0. The van der Waals surface area contributed by atoms with Gasteiger partial charge in [-0.15, -0.1) is 0 Å². The van der Waals surface area contributed by atoms with E-state index < -0.39 is 109 Å². The lowest BCUT2D eigenvalue weighted by Crippen LogP contribution is -2.62. The Balaban J connectivity index is 0.796. The highest BCUT2D eigenvalue weighted by Gasteiger charge is 2.68. The Morgan fingerprint density at radius 1 is 0.602 bits per heavy atom. The zero-order chi connectivity index (χ0) is 64.1. The number of fused-ring (bicyclic) bond motifs is 10. The van der Waals surface area contributed by atoms with Gasteiger partial charge in [-0.1, -0.05) is 41.5 Å². The number of amides is 3. The van der Waals surface area contributed by atoms with E-state index in [1.165, 1.54) is 0 Å². The van der Waals surface area contributed by atoms with Gasteiger partial charge in [0.1, 0.15) is 42.7 Å². The highest BCUT2D eigenvalue weighted by molar-refractivity contribution is 5.81. The van der Waals surface area contributed by atoms with Crippen molar-refractivity contribution in [1.29, 1.82) is 0 Å². The van der Waals surface area contributed by atoms with Crippen LogP contribution in [0, 0.1) is 92.7 Å². The van der Waals surface area contributed by atoms with Gasteiger partial charge >= 0.3 is 0 Å². The molecule has 0 radical (unpaired) electrons. The third kappa shape index (κ3) is 13.3. The summed E-state index contributed by atoms with van der Waals surface area (Å²) in [6.45, 7) is 12.2. The molecule has 31 atom stereocenters. The van der Waals surface area contributed by atoms with Crippen LogP contribution in [0.4, 0.5) is 0 Å². The summed E-state index contributed by atoms with van der Waals surface area (Å²) in [5.41, 5.74) is -0.940. The molecule has 1 unspecified atom stereocenters. The van der Waals surface area contributed by atoms with E-state index in [9.17, 15) is 85.9 Å². The number of nitrogens with zero attached hydrogens (tertiary/aromatic N) is 1. The summed E-state index contributed by atoms with van der Waals surface area (Å²) in [5.74, 6) is 0.317. The molecule has 3 amide bonds. The lowest BCUT2D eigenvalue weighted by molar-refractivity contribution is -0.326. The highest BCUT2D eigenvalue weighted by Crippen LogP contribution is 2.70. The predicted octanol–water partition coefficient (Wildman–Crippen LogP) is 0.843. The van der Waals surface area contributed by atoms with E-state index in [1.807, 2.05) is 0 Å². The van der Waals surface area contributed by atoms with Crippen molar-refractivity contribution in [3.8, 4) is 0 Å². The molecule has 9 aliphatic rings. The first kappa shape index (κ1) is 70.1. The highest BCUT2D eigenvalue weighted by atomic mass is 16.7. The molecule has 88 heavy (non-hydrogen) atoms. The Morgan fingerprint density at radius 2 is 1.09 bits per heavy atom. The smallest absolute Gasteiger partial charge is 0.251 e. The summed E-state index contributed by atoms with van der Waals surface area (Å²) in [5, 5.41) is 158. The lowest BCUT2D eigenvalue weighted by atomic mass is 9.43. The van der Waals surface area contributed by atoms with Crippen molar-refractivity contribution in [1.82, 2.24) is 15.5 Å². The zero-order valence-corrected chi connectivity index (χ0v) is 53.2. The van der Waals surface area contributed by atoms with Crippen molar-refractivity contribution in [3.05, 3.63) is 0 Å². The fourth-order valence-electron chi connectivity index (χ4n) is 21.2. The topological polar surface area (TPSA) is 380 Å². The molecule has 22 heteroatoms. The molecule has 22 nitrogen and oxygen atoms in total. The summed E-state index contributed by atoms with van der Waals surface area (Å²) in [6.07, 6.45) is -7.03. The van der Waals surface area contributed by atoms with Crippen molar-refractivity contribution < 1.29 is 95.3 Å². The summed E-state index contributed by atoms with van der Waals surface area (Å²) in [6, 6.07) is 0. The van der Waals surface area contributed by atoms with Crippen molar-refractivity contribution in [3.63, 3.8) is 0 Å². The van der Waals surface area contributed by atoms with Gasteiger partial charge < -0.3 is 96.5 Å². The van der Waals surface area contributed by atoms with Crippen LogP contribution in [-0.4, -0.2) is 225 Å². The van der Waals surface area contributed by atoms with Crippen molar-refractivity contribution in [2.45, 2.75) is 262 Å². The third-order valence-electron chi connectivity index (χ3n) is 26.5. The third-order valence-corrected chi connectivity index (χ3v) is 26.5. The number of carbonyl (C=O) groups is 3. The van der Waals surface area contributed by atoms with E-state index in [0.717, 1.165) is 51.4 Å². The predicted molar refractivity (Wildman–Crippen MR) is 320 cm³/mol. The molecule has 1 heterocycles. The van der Waals surface area contributed by atoms with Crippen LogP contribution in [0.2, 0.25) is 0 Å². The first-order chi connectivity index (χ1) is 41.6. The number of hydrogen-bond donors (Lipinski definition) is 16. The molecule has 9 fully saturated rings. The molecule has 8 aliphatic carbocycles. The van der Waals surface area contributed by atoms with Crippen LogP contribution >= 0.6 is 0 Å². The Morgan fingerprint density at radius 3 is 1.58 bits per heavy atom. The van der Waals surface area contributed by atoms with Gasteiger partial charge in [0.05, 0.1) is 49.8 Å². The second-order valence-electron chi connectivity index (χ2n) is 30.8. The Bertz CT molecular complexity index is 2340. The van der Waals surface area contributed by atoms with Gasteiger partial charge in [-0.05, 0) is 208 Å². The maximum atomic E-state index is 14.4. The average molecular weight is 1250 g/mol. The number of rotatable bonds is 24. The quantitative estimate of drug-likeness (QED) is 0.0596. The number of ether oxygens (including phenoxy) is 2. The molecule has 0 aromatic carbocycles. The molecular weight excluding hydrogens is 1140 g/mol. The molecule has 0 bridgehead atoms. The van der Waals surface area contributed by atoms with Crippen LogP contribution in [0.15, 0.2) is 0 Å².